The highest BCUT2D eigenvalue weighted by Gasteiger charge is 1.92. The first kappa shape index (κ1) is 10.3. The van der Waals surface area contributed by atoms with Gasteiger partial charge in [0.2, 0.25) is 0 Å². The molecule has 1 aromatic rings. The second kappa shape index (κ2) is 5.75. The van der Waals surface area contributed by atoms with Gasteiger partial charge in [0.05, 0.1) is 6.61 Å². The Morgan fingerprint density at radius 1 is 1.31 bits per heavy atom. The molecule has 0 radical (unpaired) electrons. The largest absolute Gasteiger partial charge is 0.494 e. The van der Waals surface area contributed by atoms with Crippen LogP contribution in [0.1, 0.15) is 6.42 Å². The average molecular weight is 197 g/mol. The van der Waals surface area contributed by atoms with E-state index < -0.39 is 0 Å². The van der Waals surface area contributed by atoms with Crippen LogP contribution in [0.15, 0.2) is 24.3 Å². The van der Waals surface area contributed by atoms with Crippen LogP contribution in [0.3, 0.4) is 0 Å². The van der Waals surface area contributed by atoms with Crippen molar-refractivity contribution in [1.82, 2.24) is 0 Å². The molecule has 13 heavy (non-hydrogen) atoms. The predicted octanol–water partition coefficient (Wildman–Crippen LogP) is 2.40. The van der Waals surface area contributed by atoms with Crippen molar-refractivity contribution in [2.75, 3.05) is 24.3 Å². The zero-order valence-electron chi connectivity index (χ0n) is 7.82. The molecule has 3 heteroatoms. The minimum Gasteiger partial charge on any atom is -0.494 e. The number of thioether (sulfide) groups is 1. The molecule has 0 aliphatic rings. The SMILES string of the molecule is CSCCCOc1ccc(N)cc1. The Morgan fingerprint density at radius 2 is 2.00 bits per heavy atom. The molecule has 0 saturated heterocycles. The highest BCUT2D eigenvalue weighted by molar-refractivity contribution is 7.98. The summed E-state index contributed by atoms with van der Waals surface area (Å²) >= 11 is 1.84. The van der Waals surface area contributed by atoms with E-state index >= 15 is 0 Å². The summed E-state index contributed by atoms with van der Waals surface area (Å²) in [5.41, 5.74) is 6.32. The molecule has 0 aliphatic heterocycles. The Morgan fingerprint density at radius 3 is 2.62 bits per heavy atom. The van der Waals surface area contributed by atoms with Crippen molar-refractivity contribution in [3.05, 3.63) is 24.3 Å². The summed E-state index contributed by atoms with van der Waals surface area (Å²) in [4.78, 5) is 0. The van der Waals surface area contributed by atoms with Gasteiger partial charge in [-0.15, -0.1) is 0 Å². The smallest absolute Gasteiger partial charge is 0.119 e. The molecule has 0 aliphatic carbocycles. The molecule has 1 rings (SSSR count). The summed E-state index contributed by atoms with van der Waals surface area (Å²) in [6.07, 6.45) is 3.19. The number of nitrogens with two attached hydrogens (primary N) is 1. The third-order valence-corrected chi connectivity index (χ3v) is 2.34. The van der Waals surface area contributed by atoms with Crippen molar-refractivity contribution in [2.45, 2.75) is 6.42 Å². The van der Waals surface area contributed by atoms with Gasteiger partial charge in [0, 0.05) is 5.69 Å². The van der Waals surface area contributed by atoms with Crippen molar-refractivity contribution < 1.29 is 4.74 Å². The molecule has 0 spiro atoms. The highest BCUT2D eigenvalue weighted by Crippen LogP contribution is 2.13. The van der Waals surface area contributed by atoms with Crippen molar-refractivity contribution >= 4 is 17.4 Å². The van der Waals surface area contributed by atoms with Gasteiger partial charge in [0.25, 0.3) is 0 Å². The van der Waals surface area contributed by atoms with E-state index in [0.717, 1.165) is 30.2 Å². The quantitative estimate of drug-likeness (QED) is 0.581. The maximum absolute atomic E-state index is 5.54. The van der Waals surface area contributed by atoms with E-state index in [9.17, 15) is 0 Å². The molecular formula is C10H15NOS. The van der Waals surface area contributed by atoms with Crippen LogP contribution >= 0.6 is 11.8 Å². The molecule has 0 aromatic heterocycles. The first-order valence-electron chi connectivity index (χ1n) is 4.30. The third-order valence-electron chi connectivity index (χ3n) is 1.64. The summed E-state index contributed by atoms with van der Waals surface area (Å²) in [6, 6.07) is 7.50. The zero-order valence-corrected chi connectivity index (χ0v) is 8.64. The molecule has 0 saturated carbocycles. The molecule has 0 unspecified atom stereocenters. The normalized spacial score (nSPS) is 9.92. The van der Waals surface area contributed by atoms with E-state index in [1.165, 1.54) is 0 Å². The van der Waals surface area contributed by atoms with Crippen LogP contribution < -0.4 is 10.5 Å². The summed E-state index contributed by atoms with van der Waals surface area (Å²) in [5.74, 6) is 2.05. The maximum Gasteiger partial charge on any atom is 0.119 e. The lowest BCUT2D eigenvalue weighted by Crippen LogP contribution is -1.98. The van der Waals surface area contributed by atoms with Gasteiger partial charge in [-0.3, -0.25) is 0 Å². The molecular weight excluding hydrogens is 182 g/mol. The number of ether oxygens (including phenoxy) is 1. The average Bonchev–Trinajstić information content (AvgIpc) is 2.15. The molecule has 0 amide bonds. The first-order valence-corrected chi connectivity index (χ1v) is 5.69. The molecule has 1 aromatic carbocycles. The van der Waals surface area contributed by atoms with Crippen molar-refractivity contribution in [3.8, 4) is 5.75 Å². The van der Waals surface area contributed by atoms with Gasteiger partial charge in [-0.25, -0.2) is 0 Å². The maximum atomic E-state index is 5.54. The monoisotopic (exact) mass is 197 g/mol. The minimum atomic E-state index is 0.775. The van der Waals surface area contributed by atoms with Crippen molar-refractivity contribution in [2.24, 2.45) is 0 Å². The minimum absolute atomic E-state index is 0.775. The van der Waals surface area contributed by atoms with Crippen LogP contribution in [0, 0.1) is 0 Å². The predicted molar refractivity (Wildman–Crippen MR) is 59.3 cm³/mol. The Kier molecular flexibility index (Phi) is 4.54. The van der Waals surface area contributed by atoms with Crippen LogP contribution in [0.2, 0.25) is 0 Å². The van der Waals surface area contributed by atoms with Gasteiger partial charge in [0.15, 0.2) is 0 Å². The number of nitrogen functional groups attached to an aromatic ring is 1. The second-order valence-corrected chi connectivity index (χ2v) is 3.75. The fraction of sp³-hybridized carbons (Fsp3) is 0.400. The van der Waals surface area contributed by atoms with Crippen LogP contribution in [-0.4, -0.2) is 18.6 Å². The summed E-state index contributed by atoms with van der Waals surface area (Å²) in [7, 11) is 0. The molecule has 2 nitrogen and oxygen atoms in total. The lowest BCUT2D eigenvalue weighted by molar-refractivity contribution is 0.319. The lowest BCUT2D eigenvalue weighted by atomic mass is 10.3. The van der Waals surface area contributed by atoms with Gasteiger partial charge in [0.1, 0.15) is 5.75 Å². The molecule has 0 bridgehead atoms. The summed E-state index contributed by atoms with van der Waals surface area (Å²) < 4.78 is 5.49. The van der Waals surface area contributed by atoms with E-state index in [-0.39, 0.29) is 0 Å². The van der Waals surface area contributed by atoms with Crippen LogP contribution in [0.4, 0.5) is 5.69 Å². The molecule has 0 fully saturated rings. The van der Waals surface area contributed by atoms with E-state index in [2.05, 4.69) is 6.26 Å². The fourth-order valence-electron chi connectivity index (χ4n) is 0.957. The molecule has 0 atom stereocenters. The van der Waals surface area contributed by atoms with Gasteiger partial charge < -0.3 is 10.5 Å². The number of hydrogen-bond donors (Lipinski definition) is 1. The van der Waals surface area contributed by atoms with Crippen molar-refractivity contribution in [3.63, 3.8) is 0 Å². The van der Waals surface area contributed by atoms with E-state index in [0.29, 0.717) is 0 Å². The third kappa shape index (κ3) is 4.08. The number of rotatable bonds is 5. The van der Waals surface area contributed by atoms with Crippen LogP contribution in [0.5, 0.6) is 5.75 Å². The summed E-state index contributed by atoms with van der Waals surface area (Å²) in [5, 5.41) is 0. The van der Waals surface area contributed by atoms with Crippen molar-refractivity contribution in [1.29, 1.82) is 0 Å². The van der Waals surface area contributed by atoms with Gasteiger partial charge in [-0.1, -0.05) is 0 Å². The van der Waals surface area contributed by atoms with E-state index in [1.54, 1.807) is 0 Å². The van der Waals surface area contributed by atoms with Crippen LogP contribution in [-0.2, 0) is 0 Å². The Hall–Kier alpha value is -0.830. The zero-order chi connectivity index (χ0) is 9.52. The Balaban J connectivity index is 2.25. The van der Waals surface area contributed by atoms with Crippen LogP contribution in [0.25, 0.3) is 0 Å². The number of anilines is 1. The van der Waals surface area contributed by atoms with Gasteiger partial charge in [-0.2, -0.15) is 11.8 Å². The first-order chi connectivity index (χ1) is 6.33. The standard InChI is InChI=1S/C10H15NOS/c1-13-8-2-7-12-10-5-3-9(11)4-6-10/h3-6H,2,7-8,11H2,1H3. The number of benzene rings is 1. The second-order valence-electron chi connectivity index (χ2n) is 2.76. The van der Waals surface area contributed by atoms with Gasteiger partial charge in [-0.05, 0) is 42.7 Å². The fourth-order valence-corrected chi connectivity index (χ4v) is 1.36. The lowest BCUT2D eigenvalue weighted by Gasteiger charge is -2.05. The topological polar surface area (TPSA) is 35.2 Å². The van der Waals surface area contributed by atoms with Gasteiger partial charge >= 0.3 is 0 Å². The highest BCUT2D eigenvalue weighted by atomic mass is 32.2. The Bertz CT molecular complexity index is 235. The summed E-state index contributed by atoms with van der Waals surface area (Å²) in [6.45, 7) is 0.782. The van der Waals surface area contributed by atoms with E-state index in [4.69, 9.17) is 10.5 Å². The molecule has 72 valence electrons. The number of hydrogen-bond acceptors (Lipinski definition) is 3. The molecule has 0 heterocycles. The van der Waals surface area contributed by atoms with E-state index in [1.807, 2.05) is 36.0 Å². The Labute approximate surface area is 83.5 Å². The molecule has 2 N–H and O–H groups in total.